The lowest BCUT2D eigenvalue weighted by Crippen LogP contribution is -1.99. The predicted octanol–water partition coefficient (Wildman–Crippen LogP) is 4.02. The summed E-state index contributed by atoms with van der Waals surface area (Å²) in [6.45, 7) is 2.01. The fraction of sp³-hybridized carbons (Fsp3) is 0.176. The Hall–Kier alpha value is -2.06. The molecule has 19 heavy (non-hydrogen) atoms. The molecule has 0 aliphatic carbocycles. The number of benzene rings is 2. The van der Waals surface area contributed by atoms with Crippen LogP contribution in [0.15, 0.2) is 59.0 Å². The third kappa shape index (κ3) is 2.40. The first-order valence-electron chi connectivity index (χ1n) is 6.45. The van der Waals surface area contributed by atoms with Crippen molar-refractivity contribution in [2.75, 3.05) is 0 Å². The lowest BCUT2D eigenvalue weighted by atomic mass is 10.1. The van der Waals surface area contributed by atoms with Gasteiger partial charge in [0.05, 0.1) is 0 Å². The van der Waals surface area contributed by atoms with E-state index in [0.717, 1.165) is 22.1 Å². The normalized spacial score (nSPS) is 12.7. The van der Waals surface area contributed by atoms with Gasteiger partial charge in [0, 0.05) is 11.8 Å². The summed E-state index contributed by atoms with van der Waals surface area (Å²) in [5, 5.41) is 11.3. The molecule has 1 heterocycles. The number of fused-ring (bicyclic) bond motifs is 1. The van der Waals surface area contributed by atoms with Crippen molar-refractivity contribution in [3.05, 3.63) is 71.5 Å². The summed E-state index contributed by atoms with van der Waals surface area (Å²) in [5.41, 5.74) is 3.06. The molecule has 3 aromatic rings. The largest absolute Gasteiger partial charge is 0.458 e. The molecule has 0 bridgehead atoms. The first-order chi connectivity index (χ1) is 9.24. The second-order valence-electron chi connectivity index (χ2n) is 4.85. The lowest BCUT2D eigenvalue weighted by molar-refractivity contribution is 0.152. The molecule has 0 saturated carbocycles. The first kappa shape index (κ1) is 12.0. The number of rotatable bonds is 3. The molecule has 0 amide bonds. The topological polar surface area (TPSA) is 33.4 Å². The van der Waals surface area contributed by atoms with Gasteiger partial charge in [-0.15, -0.1) is 0 Å². The Morgan fingerprint density at radius 2 is 1.84 bits per heavy atom. The number of para-hydroxylation sites is 1. The van der Waals surface area contributed by atoms with Crippen molar-refractivity contribution in [3.63, 3.8) is 0 Å². The molecule has 0 saturated heterocycles. The fourth-order valence-corrected chi connectivity index (χ4v) is 2.33. The molecule has 2 nitrogen and oxygen atoms in total. The van der Waals surface area contributed by atoms with Crippen molar-refractivity contribution in [1.29, 1.82) is 0 Å². The van der Waals surface area contributed by atoms with Crippen LogP contribution >= 0.6 is 0 Å². The highest BCUT2D eigenvalue weighted by molar-refractivity contribution is 5.80. The van der Waals surface area contributed by atoms with Crippen molar-refractivity contribution in [2.24, 2.45) is 0 Å². The van der Waals surface area contributed by atoms with Gasteiger partial charge in [-0.2, -0.15) is 0 Å². The van der Waals surface area contributed by atoms with Gasteiger partial charge >= 0.3 is 0 Å². The van der Waals surface area contributed by atoms with Crippen LogP contribution in [0.2, 0.25) is 0 Å². The third-order valence-electron chi connectivity index (χ3n) is 3.36. The molecule has 1 atom stereocenters. The molecule has 0 fully saturated rings. The third-order valence-corrected chi connectivity index (χ3v) is 3.36. The minimum Gasteiger partial charge on any atom is -0.458 e. The smallest absolute Gasteiger partial charge is 0.137 e. The van der Waals surface area contributed by atoms with Gasteiger partial charge in [-0.05, 0) is 24.1 Å². The number of furan rings is 1. The highest BCUT2D eigenvalue weighted by atomic mass is 16.4. The van der Waals surface area contributed by atoms with E-state index in [2.05, 4.69) is 0 Å². The summed E-state index contributed by atoms with van der Waals surface area (Å²) in [5.74, 6) is 0.633. The van der Waals surface area contributed by atoms with Gasteiger partial charge in [0.2, 0.25) is 0 Å². The average molecular weight is 252 g/mol. The minimum atomic E-state index is -0.603. The maximum atomic E-state index is 10.3. The molecule has 1 N–H and O–H groups in total. The molecule has 0 aliphatic rings. The second kappa shape index (κ2) is 4.90. The van der Waals surface area contributed by atoms with Crippen LogP contribution in [0.4, 0.5) is 0 Å². The molecule has 1 aromatic heterocycles. The van der Waals surface area contributed by atoms with E-state index < -0.39 is 6.10 Å². The standard InChI is InChI=1S/C17H16O2/c1-12-6-5-9-14-11-16(19-17(12)14)15(18)10-13-7-3-2-4-8-13/h2-9,11,15,18H,10H2,1H3. The Balaban J connectivity index is 1.89. The Labute approximate surface area is 112 Å². The summed E-state index contributed by atoms with van der Waals surface area (Å²) in [6, 6.07) is 17.9. The molecular weight excluding hydrogens is 236 g/mol. The van der Waals surface area contributed by atoms with Crippen molar-refractivity contribution in [2.45, 2.75) is 19.4 Å². The number of hydrogen-bond acceptors (Lipinski definition) is 2. The minimum absolute atomic E-state index is 0.569. The summed E-state index contributed by atoms with van der Waals surface area (Å²) >= 11 is 0. The number of aliphatic hydroxyl groups is 1. The van der Waals surface area contributed by atoms with E-state index in [-0.39, 0.29) is 0 Å². The maximum Gasteiger partial charge on any atom is 0.137 e. The van der Waals surface area contributed by atoms with Gasteiger partial charge < -0.3 is 9.52 Å². The van der Waals surface area contributed by atoms with E-state index in [9.17, 15) is 5.11 Å². The van der Waals surface area contributed by atoms with Crippen LogP contribution in [0.5, 0.6) is 0 Å². The van der Waals surface area contributed by atoms with Crippen molar-refractivity contribution >= 4 is 11.0 Å². The van der Waals surface area contributed by atoms with E-state index in [1.807, 2.05) is 61.5 Å². The number of hydrogen-bond donors (Lipinski definition) is 1. The van der Waals surface area contributed by atoms with Gasteiger partial charge in [0.1, 0.15) is 17.4 Å². The second-order valence-corrected chi connectivity index (χ2v) is 4.85. The Bertz CT molecular complexity index is 683. The van der Waals surface area contributed by atoms with Crippen LogP contribution in [0.25, 0.3) is 11.0 Å². The van der Waals surface area contributed by atoms with Crippen LogP contribution < -0.4 is 0 Å². The summed E-state index contributed by atoms with van der Waals surface area (Å²) in [4.78, 5) is 0. The molecule has 2 heteroatoms. The van der Waals surface area contributed by atoms with Gasteiger partial charge in [-0.1, -0.05) is 48.5 Å². The van der Waals surface area contributed by atoms with Crippen molar-refractivity contribution < 1.29 is 9.52 Å². The van der Waals surface area contributed by atoms with Gasteiger partial charge in [0.15, 0.2) is 0 Å². The quantitative estimate of drug-likeness (QED) is 0.763. The SMILES string of the molecule is Cc1cccc2cc(C(O)Cc3ccccc3)oc12. The number of aliphatic hydroxyl groups excluding tert-OH is 1. The highest BCUT2D eigenvalue weighted by Crippen LogP contribution is 2.27. The van der Waals surface area contributed by atoms with E-state index in [0.29, 0.717) is 12.2 Å². The molecule has 3 rings (SSSR count). The maximum absolute atomic E-state index is 10.3. The molecule has 0 radical (unpaired) electrons. The van der Waals surface area contributed by atoms with Crippen LogP contribution in [0.3, 0.4) is 0 Å². The average Bonchev–Trinajstić information content (AvgIpc) is 2.85. The van der Waals surface area contributed by atoms with Gasteiger partial charge in [0.25, 0.3) is 0 Å². The monoisotopic (exact) mass is 252 g/mol. The van der Waals surface area contributed by atoms with Crippen LogP contribution in [0, 0.1) is 6.92 Å². The Kier molecular flexibility index (Phi) is 3.10. The molecule has 2 aromatic carbocycles. The zero-order chi connectivity index (χ0) is 13.2. The van der Waals surface area contributed by atoms with E-state index in [4.69, 9.17) is 4.42 Å². The Morgan fingerprint density at radius 3 is 2.58 bits per heavy atom. The van der Waals surface area contributed by atoms with Crippen LogP contribution in [-0.4, -0.2) is 5.11 Å². The molecule has 0 aliphatic heterocycles. The zero-order valence-corrected chi connectivity index (χ0v) is 10.8. The molecule has 1 unspecified atom stereocenters. The fourth-order valence-electron chi connectivity index (χ4n) is 2.33. The van der Waals surface area contributed by atoms with Gasteiger partial charge in [-0.3, -0.25) is 0 Å². The Morgan fingerprint density at radius 1 is 1.05 bits per heavy atom. The van der Waals surface area contributed by atoms with Gasteiger partial charge in [-0.25, -0.2) is 0 Å². The van der Waals surface area contributed by atoms with Crippen LogP contribution in [0.1, 0.15) is 23.0 Å². The summed E-state index contributed by atoms with van der Waals surface area (Å²) < 4.78 is 5.78. The zero-order valence-electron chi connectivity index (χ0n) is 10.8. The molecule has 96 valence electrons. The lowest BCUT2D eigenvalue weighted by Gasteiger charge is -2.07. The van der Waals surface area contributed by atoms with Crippen molar-refractivity contribution in [1.82, 2.24) is 0 Å². The number of aryl methyl sites for hydroxylation is 1. The van der Waals surface area contributed by atoms with E-state index in [1.54, 1.807) is 0 Å². The van der Waals surface area contributed by atoms with E-state index in [1.165, 1.54) is 0 Å². The first-order valence-corrected chi connectivity index (χ1v) is 6.45. The van der Waals surface area contributed by atoms with Crippen LogP contribution in [-0.2, 0) is 6.42 Å². The molecular formula is C17H16O2. The predicted molar refractivity (Wildman–Crippen MR) is 76.1 cm³/mol. The van der Waals surface area contributed by atoms with Crippen molar-refractivity contribution in [3.8, 4) is 0 Å². The van der Waals surface area contributed by atoms with E-state index >= 15 is 0 Å². The highest BCUT2D eigenvalue weighted by Gasteiger charge is 2.14. The summed E-state index contributed by atoms with van der Waals surface area (Å²) in [7, 11) is 0. The summed E-state index contributed by atoms with van der Waals surface area (Å²) in [6.07, 6.45) is -0.0334. The molecule has 0 spiro atoms.